The summed E-state index contributed by atoms with van der Waals surface area (Å²) in [5.41, 5.74) is 1.40. The maximum atomic E-state index is 12.6. The smallest absolute Gasteiger partial charge is 0.475 e. The Balaban J connectivity index is 0.000000333. The number of halogens is 6. The number of carboxylic acid groups (broad SMARTS) is 2. The Labute approximate surface area is 224 Å². The summed E-state index contributed by atoms with van der Waals surface area (Å²) in [7, 11) is 0. The predicted molar refractivity (Wildman–Crippen MR) is 126 cm³/mol. The van der Waals surface area contributed by atoms with Gasteiger partial charge >= 0.3 is 24.3 Å². The highest BCUT2D eigenvalue weighted by Crippen LogP contribution is 2.42. The SMILES string of the molecule is Cc1ccc(C(=O)N2CC3(C2)OCCC3CCNc2ccccn2)cn1.O=C(O)C(F)(F)F.O=C(O)C(F)(F)F. The van der Waals surface area contributed by atoms with E-state index in [1.54, 1.807) is 12.4 Å². The molecule has 1 atom stereocenters. The van der Waals surface area contributed by atoms with Gasteiger partial charge in [-0.15, -0.1) is 0 Å². The van der Waals surface area contributed by atoms with Gasteiger partial charge in [-0.05, 0) is 49.9 Å². The van der Waals surface area contributed by atoms with Crippen molar-refractivity contribution in [3.05, 3.63) is 54.0 Å². The lowest BCUT2D eigenvalue weighted by atomic mass is 9.78. The van der Waals surface area contributed by atoms with Gasteiger partial charge in [0.25, 0.3) is 5.91 Å². The van der Waals surface area contributed by atoms with Gasteiger partial charge in [-0.3, -0.25) is 9.78 Å². The molecule has 1 spiro atoms. The molecular formula is C24H26F6N4O6. The molecule has 2 aliphatic heterocycles. The molecule has 4 rings (SSSR count). The zero-order chi connectivity index (χ0) is 30.1. The molecule has 2 fully saturated rings. The summed E-state index contributed by atoms with van der Waals surface area (Å²) < 4.78 is 69.5. The minimum Gasteiger partial charge on any atom is -0.475 e. The molecule has 2 saturated heterocycles. The van der Waals surface area contributed by atoms with E-state index in [4.69, 9.17) is 24.5 Å². The molecule has 16 heteroatoms. The second-order valence-corrected chi connectivity index (χ2v) is 8.78. The highest BCUT2D eigenvalue weighted by molar-refractivity contribution is 5.94. The largest absolute Gasteiger partial charge is 0.490 e. The number of rotatable bonds is 5. The van der Waals surface area contributed by atoms with Crippen LogP contribution in [0.5, 0.6) is 0 Å². The highest BCUT2D eigenvalue weighted by atomic mass is 19.4. The van der Waals surface area contributed by atoms with E-state index >= 15 is 0 Å². The van der Waals surface area contributed by atoms with Crippen LogP contribution in [0, 0.1) is 12.8 Å². The number of carboxylic acids is 2. The first-order valence-corrected chi connectivity index (χ1v) is 11.7. The maximum Gasteiger partial charge on any atom is 0.490 e. The second-order valence-electron chi connectivity index (χ2n) is 8.78. The van der Waals surface area contributed by atoms with E-state index in [0.717, 1.165) is 37.5 Å². The number of hydrogen-bond donors (Lipinski definition) is 3. The Morgan fingerprint density at radius 2 is 1.62 bits per heavy atom. The number of aliphatic carboxylic acids is 2. The van der Waals surface area contributed by atoms with Gasteiger partial charge in [0, 0.05) is 31.2 Å². The van der Waals surface area contributed by atoms with Crippen LogP contribution in [0.3, 0.4) is 0 Å². The van der Waals surface area contributed by atoms with E-state index in [-0.39, 0.29) is 11.5 Å². The molecule has 1 unspecified atom stereocenters. The summed E-state index contributed by atoms with van der Waals surface area (Å²) in [5.74, 6) is -4.10. The third-order valence-electron chi connectivity index (χ3n) is 5.91. The third kappa shape index (κ3) is 9.36. The number of ether oxygens (including phenoxy) is 1. The Morgan fingerprint density at radius 1 is 1.02 bits per heavy atom. The molecule has 4 heterocycles. The van der Waals surface area contributed by atoms with Gasteiger partial charge in [0.1, 0.15) is 11.4 Å². The molecule has 3 N–H and O–H groups in total. The van der Waals surface area contributed by atoms with Gasteiger partial charge in [-0.1, -0.05) is 6.07 Å². The summed E-state index contributed by atoms with van der Waals surface area (Å²) in [5, 5.41) is 17.6. The fourth-order valence-electron chi connectivity index (χ4n) is 3.90. The van der Waals surface area contributed by atoms with E-state index in [1.807, 2.05) is 42.2 Å². The summed E-state index contributed by atoms with van der Waals surface area (Å²) in [6.45, 7) is 4.91. The number of likely N-dealkylation sites (tertiary alicyclic amines) is 1. The molecule has 0 radical (unpaired) electrons. The zero-order valence-electron chi connectivity index (χ0n) is 21.0. The molecule has 40 heavy (non-hydrogen) atoms. The first-order chi connectivity index (χ1) is 18.5. The van der Waals surface area contributed by atoms with Gasteiger partial charge < -0.3 is 25.2 Å². The quantitative estimate of drug-likeness (QED) is 0.451. The lowest BCUT2D eigenvalue weighted by molar-refractivity contribution is -0.193. The molecule has 2 aromatic heterocycles. The second kappa shape index (κ2) is 13.4. The molecule has 0 saturated carbocycles. The van der Waals surface area contributed by atoms with Crippen LogP contribution in [0.2, 0.25) is 0 Å². The minimum atomic E-state index is -5.08. The van der Waals surface area contributed by atoms with Crippen molar-refractivity contribution in [2.45, 2.75) is 37.7 Å². The van der Waals surface area contributed by atoms with Crippen molar-refractivity contribution in [2.75, 3.05) is 31.6 Å². The number of anilines is 1. The van der Waals surface area contributed by atoms with Crippen LogP contribution in [-0.2, 0) is 14.3 Å². The number of alkyl halides is 6. The molecule has 0 aliphatic carbocycles. The topological polar surface area (TPSA) is 142 Å². The van der Waals surface area contributed by atoms with E-state index in [0.29, 0.717) is 24.6 Å². The van der Waals surface area contributed by atoms with E-state index in [9.17, 15) is 31.1 Å². The number of carbonyl (C=O) groups is 3. The highest BCUT2D eigenvalue weighted by Gasteiger charge is 2.54. The zero-order valence-corrected chi connectivity index (χ0v) is 21.0. The summed E-state index contributed by atoms with van der Waals surface area (Å²) in [6.07, 6.45) is -4.65. The van der Waals surface area contributed by atoms with Gasteiger partial charge in [-0.25, -0.2) is 14.6 Å². The van der Waals surface area contributed by atoms with Crippen molar-refractivity contribution < 1.29 is 55.7 Å². The lowest BCUT2D eigenvalue weighted by Crippen LogP contribution is -2.66. The standard InChI is InChI=1S/C20H24N4O2.2C2HF3O2/c1-15-5-6-16(12-23-15)19(25)24-13-20(14-24)17(8-11-26-20)7-10-22-18-4-2-3-9-21-18;2*3-2(4,5)1(6)7/h2-6,9,12,17H,7-8,10-11,13-14H2,1H3,(H,21,22);2*(H,6,7). The monoisotopic (exact) mass is 580 g/mol. The van der Waals surface area contributed by atoms with Gasteiger partial charge in [0.05, 0.1) is 18.7 Å². The van der Waals surface area contributed by atoms with E-state index < -0.39 is 24.3 Å². The normalized spacial score (nSPS) is 17.5. The van der Waals surface area contributed by atoms with Gasteiger partial charge in [0.15, 0.2) is 0 Å². The Hall–Kier alpha value is -3.95. The van der Waals surface area contributed by atoms with Crippen LogP contribution in [0.15, 0.2) is 42.7 Å². The van der Waals surface area contributed by atoms with Crippen molar-refractivity contribution in [1.29, 1.82) is 0 Å². The number of amides is 1. The number of aromatic nitrogens is 2. The minimum absolute atomic E-state index is 0.0454. The average molecular weight is 580 g/mol. The number of carbonyl (C=O) groups excluding carboxylic acids is 1. The van der Waals surface area contributed by atoms with Crippen molar-refractivity contribution in [3.63, 3.8) is 0 Å². The van der Waals surface area contributed by atoms with Crippen molar-refractivity contribution >= 4 is 23.7 Å². The molecule has 2 aliphatic rings. The summed E-state index contributed by atoms with van der Waals surface area (Å²) in [4.78, 5) is 40.8. The Morgan fingerprint density at radius 3 is 2.10 bits per heavy atom. The van der Waals surface area contributed by atoms with Crippen LogP contribution >= 0.6 is 0 Å². The summed E-state index contributed by atoms with van der Waals surface area (Å²) >= 11 is 0. The van der Waals surface area contributed by atoms with Crippen molar-refractivity contribution in [3.8, 4) is 0 Å². The van der Waals surface area contributed by atoms with Gasteiger partial charge in [-0.2, -0.15) is 26.3 Å². The Bertz CT molecular complexity index is 1120. The van der Waals surface area contributed by atoms with Crippen LogP contribution in [0.1, 0.15) is 28.9 Å². The first kappa shape index (κ1) is 32.3. The van der Waals surface area contributed by atoms with E-state index in [1.165, 1.54) is 0 Å². The molecule has 0 bridgehead atoms. The number of nitrogens with one attached hydrogen (secondary N) is 1. The molecule has 220 valence electrons. The van der Waals surface area contributed by atoms with Crippen LogP contribution in [0.4, 0.5) is 32.2 Å². The number of nitrogens with zero attached hydrogens (tertiary/aromatic N) is 3. The fourth-order valence-corrected chi connectivity index (χ4v) is 3.90. The number of hydrogen-bond acceptors (Lipinski definition) is 7. The van der Waals surface area contributed by atoms with Crippen LogP contribution in [0.25, 0.3) is 0 Å². The maximum absolute atomic E-state index is 12.6. The summed E-state index contributed by atoms with van der Waals surface area (Å²) in [6, 6.07) is 9.58. The number of pyridine rings is 2. The molecule has 1 amide bonds. The van der Waals surface area contributed by atoms with Crippen LogP contribution < -0.4 is 5.32 Å². The predicted octanol–water partition coefficient (Wildman–Crippen LogP) is 3.78. The third-order valence-corrected chi connectivity index (χ3v) is 5.91. The molecule has 10 nitrogen and oxygen atoms in total. The fraction of sp³-hybridized carbons (Fsp3) is 0.458. The first-order valence-electron chi connectivity index (χ1n) is 11.7. The Kier molecular flexibility index (Phi) is 10.8. The van der Waals surface area contributed by atoms with E-state index in [2.05, 4.69) is 15.3 Å². The van der Waals surface area contributed by atoms with Crippen molar-refractivity contribution in [1.82, 2.24) is 14.9 Å². The molecule has 2 aromatic rings. The lowest BCUT2D eigenvalue weighted by Gasteiger charge is -2.50. The molecule has 0 aromatic carbocycles. The van der Waals surface area contributed by atoms with Crippen LogP contribution in [-0.4, -0.2) is 87.1 Å². The molecular weight excluding hydrogens is 554 g/mol. The average Bonchev–Trinajstić information content (AvgIpc) is 3.27. The van der Waals surface area contributed by atoms with Crippen molar-refractivity contribution in [2.24, 2.45) is 5.92 Å². The van der Waals surface area contributed by atoms with Gasteiger partial charge in [0.2, 0.25) is 0 Å². The number of aryl methyl sites for hydroxylation is 1.